The Balaban J connectivity index is 0. The molecule has 2 heterocycles. The van der Waals surface area contributed by atoms with Gasteiger partial charge < -0.3 is 14.4 Å². The molecule has 2 fully saturated rings. The van der Waals surface area contributed by atoms with E-state index in [2.05, 4.69) is 8.25 Å². The number of rotatable bonds is 6. The number of hydrogen-bond donors (Lipinski definition) is 1. The number of halogens is 8. The molecular weight excluding hydrogens is 642 g/mol. The van der Waals surface area contributed by atoms with Crippen molar-refractivity contribution in [2.75, 3.05) is 23.0 Å². The number of hydrogen-bond acceptors (Lipinski definition) is 8. The average molecular weight is 672 g/mol. The Morgan fingerprint density at radius 3 is 0.897 bits per heavy atom. The van der Waals surface area contributed by atoms with Crippen molar-refractivity contribution in [3.63, 3.8) is 0 Å². The number of quaternary nitrogens is 1. The van der Waals surface area contributed by atoms with Crippen LogP contribution in [0.25, 0.3) is 8.25 Å². The molecule has 0 spiro atoms. The SMILES string of the molecule is CC(F)(F)C(C)(F)CC1(F)CS(=O)(=O)[N-]S(=O)(=O)C1.CC(F)(F)C(C)(F)CC1(F)CS(=O)(=O)[N-]S(=O)(=O)C1.[H+].[NH4+]. The molecular formula is C16H29F8N3O8S4. The highest BCUT2D eigenvalue weighted by atomic mass is 32.3. The largest absolute Gasteiger partial charge is 1.00 e. The molecule has 2 unspecified atom stereocenters. The van der Waals surface area contributed by atoms with Gasteiger partial charge in [0, 0.05) is 26.7 Å². The molecule has 2 saturated heterocycles. The lowest BCUT2D eigenvalue weighted by molar-refractivity contribution is -0.132. The van der Waals surface area contributed by atoms with Gasteiger partial charge in [-0.05, 0) is 13.8 Å². The molecule has 2 aliphatic heterocycles. The summed E-state index contributed by atoms with van der Waals surface area (Å²) in [6, 6.07) is 0. The Labute approximate surface area is 222 Å². The van der Waals surface area contributed by atoms with E-state index in [1.165, 1.54) is 0 Å². The van der Waals surface area contributed by atoms with Crippen LogP contribution < -0.4 is 6.15 Å². The normalized spacial score (nSPS) is 27.8. The first-order valence-electron chi connectivity index (χ1n) is 10.1. The molecule has 0 aromatic rings. The van der Waals surface area contributed by atoms with Crippen molar-refractivity contribution >= 4 is 40.1 Å². The van der Waals surface area contributed by atoms with Crippen LogP contribution in [0.5, 0.6) is 0 Å². The van der Waals surface area contributed by atoms with Crippen molar-refractivity contribution in [1.82, 2.24) is 6.15 Å². The van der Waals surface area contributed by atoms with Gasteiger partial charge in [0.2, 0.25) is 0 Å². The van der Waals surface area contributed by atoms with E-state index in [0.717, 1.165) is 0 Å². The van der Waals surface area contributed by atoms with Crippen LogP contribution in [-0.4, -0.2) is 91.2 Å². The molecule has 0 saturated carbocycles. The fourth-order valence-electron chi connectivity index (χ4n) is 3.55. The van der Waals surface area contributed by atoms with E-state index in [4.69, 9.17) is 0 Å². The first kappa shape index (κ1) is 38.1. The zero-order valence-electron chi connectivity index (χ0n) is 22.1. The van der Waals surface area contributed by atoms with Gasteiger partial charge in [0.05, 0.1) is 63.1 Å². The zero-order valence-corrected chi connectivity index (χ0v) is 24.3. The molecule has 0 aliphatic carbocycles. The quantitative estimate of drug-likeness (QED) is 0.413. The van der Waals surface area contributed by atoms with E-state index >= 15 is 0 Å². The van der Waals surface area contributed by atoms with Crippen LogP contribution in [-0.2, 0) is 40.1 Å². The second-order valence-electron chi connectivity index (χ2n) is 9.88. The highest BCUT2D eigenvalue weighted by molar-refractivity contribution is 8.13. The third kappa shape index (κ3) is 10.8. The summed E-state index contributed by atoms with van der Waals surface area (Å²) in [6.07, 6.45) is -3.12. The summed E-state index contributed by atoms with van der Waals surface area (Å²) in [4.78, 5) is 0. The van der Waals surface area contributed by atoms with Crippen LogP contribution >= 0.6 is 0 Å². The van der Waals surface area contributed by atoms with Crippen molar-refractivity contribution in [1.29, 1.82) is 0 Å². The second kappa shape index (κ2) is 10.7. The topological polar surface area (TPSA) is 201 Å². The monoisotopic (exact) mass is 671 g/mol. The third-order valence-corrected chi connectivity index (χ3v) is 12.5. The predicted molar refractivity (Wildman–Crippen MR) is 126 cm³/mol. The molecule has 0 bridgehead atoms. The van der Waals surface area contributed by atoms with Gasteiger partial charge in [-0.2, -0.15) is 0 Å². The van der Waals surface area contributed by atoms with Crippen molar-refractivity contribution in [3.8, 4) is 0 Å². The first-order valence-corrected chi connectivity index (χ1v) is 16.5. The molecule has 2 atom stereocenters. The summed E-state index contributed by atoms with van der Waals surface area (Å²) in [6.45, 7) is 1.18. The lowest BCUT2D eigenvalue weighted by atomic mass is 9.89. The van der Waals surface area contributed by atoms with Crippen LogP contribution in [0.1, 0.15) is 42.0 Å². The lowest BCUT2D eigenvalue weighted by Gasteiger charge is -2.40. The summed E-state index contributed by atoms with van der Waals surface area (Å²) in [7, 11) is -18.7. The van der Waals surface area contributed by atoms with E-state index in [0.29, 0.717) is 13.8 Å². The fourth-order valence-corrected chi connectivity index (χ4v) is 10.8. The molecule has 2 rings (SSSR count). The molecule has 0 aromatic heterocycles. The summed E-state index contributed by atoms with van der Waals surface area (Å²) < 4.78 is 201. The van der Waals surface area contributed by atoms with Gasteiger partial charge in [0.15, 0.2) is 11.3 Å². The molecule has 236 valence electrons. The molecule has 0 radical (unpaired) electrons. The van der Waals surface area contributed by atoms with Crippen molar-refractivity contribution in [2.45, 2.75) is 75.1 Å². The lowest BCUT2D eigenvalue weighted by Crippen LogP contribution is -2.52. The first-order chi connectivity index (χ1) is 16.2. The highest BCUT2D eigenvalue weighted by Gasteiger charge is 2.56. The Morgan fingerprint density at radius 1 is 0.564 bits per heavy atom. The van der Waals surface area contributed by atoms with Crippen LogP contribution in [0.3, 0.4) is 0 Å². The predicted octanol–water partition coefficient (Wildman–Crippen LogP) is 3.52. The smallest absolute Gasteiger partial charge is 0.436 e. The Bertz CT molecular complexity index is 1170. The van der Waals surface area contributed by atoms with Crippen molar-refractivity contribution in [3.05, 3.63) is 8.25 Å². The van der Waals surface area contributed by atoms with Gasteiger partial charge in [-0.25, -0.2) is 68.8 Å². The number of nitrogens with zero attached hydrogens (tertiary/aromatic N) is 2. The van der Waals surface area contributed by atoms with E-state index in [1.807, 2.05) is 0 Å². The molecule has 39 heavy (non-hydrogen) atoms. The summed E-state index contributed by atoms with van der Waals surface area (Å²) in [5, 5.41) is 0. The number of sulfonamides is 4. The average Bonchev–Trinajstić information content (AvgIpc) is 2.42. The third-order valence-electron chi connectivity index (χ3n) is 5.35. The Morgan fingerprint density at radius 2 is 0.744 bits per heavy atom. The van der Waals surface area contributed by atoms with Crippen molar-refractivity contribution in [2.24, 2.45) is 0 Å². The van der Waals surface area contributed by atoms with Gasteiger partial charge in [-0.15, -0.1) is 0 Å². The van der Waals surface area contributed by atoms with E-state index in [-0.39, 0.29) is 21.4 Å². The molecule has 0 aromatic carbocycles. The molecule has 4 N–H and O–H groups in total. The van der Waals surface area contributed by atoms with Crippen LogP contribution in [0.15, 0.2) is 0 Å². The summed E-state index contributed by atoms with van der Waals surface area (Å²) in [5.74, 6) is -13.6. The maximum Gasteiger partial charge on any atom is 1.00 e. The molecule has 11 nitrogen and oxygen atoms in total. The zero-order chi connectivity index (χ0) is 30.7. The van der Waals surface area contributed by atoms with E-state index < -0.39 is 110 Å². The van der Waals surface area contributed by atoms with Gasteiger partial charge in [-0.1, -0.05) is 0 Å². The van der Waals surface area contributed by atoms with Gasteiger partial charge in [0.25, 0.3) is 11.8 Å². The van der Waals surface area contributed by atoms with E-state index in [1.54, 1.807) is 0 Å². The standard InChI is InChI=1S/2C8H12F4NO4S2.H3N/c2*1-6(9,7(2,10)11)3-8(12)4-18(14,15)13-19(16,17)5-8;/h2*3-5H2,1-2H3;1H3/q2*-1;/p+2. The fraction of sp³-hybridized carbons (Fsp3) is 1.00. The van der Waals surface area contributed by atoms with Gasteiger partial charge in [-0.3, -0.25) is 0 Å². The maximum absolute atomic E-state index is 14.2. The number of alkyl halides is 8. The molecule has 23 heteroatoms. The minimum atomic E-state index is -4.67. The summed E-state index contributed by atoms with van der Waals surface area (Å²) >= 11 is 0. The second-order valence-corrected chi connectivity index (χ2v) is 16.9. The van der Waals surface area contributed by atoms with Crippen LogP contribution in [0, 0.1) is 0 Å². The Kier molecular flexibility index (Phi) is 10.5. The molecule has 2 aliphatic rings. The summed E-state index contributed by atoms with van der Waals surface area (Å²) in [5.41, 5.74) is -13.0. The van der Waals surface area contributed by atoms with Crippen LogP contribution in [0.2, 0.25) is 0 Å². The van der Waals surface area contributed by atoms with E-state index in [9.17, 15) is 68.8 Å². The minimum absolute atomic E-state index is 0. The van der Waals surface area contributed by atoms with Crippen LogP contribution in [0.4, 0.5) is 35.1 Å². The van der Waals surface area contributed by atoms with Gasteiger partial charge in [0.1, 0.15) is 11.3 Å². The minimum Gasteiger partial charge on any atom is -0.436 e. The highest BCUT2D eigenvalue weighted by Crippen LogP contribution is 2.44. The van der Waals surface area contributed by atoms with Gasteiger partial charge >= 0.3 is 1.43 Å². The Hall–Kier alpha value is -0.880. The molecule has 0 amide bonds. The maximum atomic E-state index is 14.2. The van der Waals surface area contributed by atoms with Crippen molar-refractivity contribution < 1.29 is 70.2 Å².